The summed E-state index contributed by atoms with van der Waals surface area (Å²) in [7, 11) is -4.01. The molecule has 0 aliphatic heterocycles. The Bertz CT molecular complexity index is 1390. The van der Waals surface area contributed by atoms with Gasteiger partial charge in [-0.15, -0.1) is 0 Å². The van der Waals surface area contributed by atoms with Crippen molar-refractivity contribution >= 4 is 27.2 Å². The van der Waals surface area contributed by atoms with E-state index in [1.54, 1.807) is 36.4 Å². The Balaban J connectivity index is 1.78. The lowest BCUT2D eigenvalue weighted by Crippen LogP contribution is -2.23. The minimum atomic E-state index is -4.01. The van der Waals surface area contributed by atoms with Crippen LogP contribution in [0, 0.1) is 13.8 Å². The molecule has 0 fully saturated rings. The molecule has 1 aliphatic carbocycles. The second kappa shape index (κ2) is 9.03. The molecule has 0 unspecified atom stereocenters. The van der Waals surface area contributed by atoms with Gasteiger partial charge in [-0.25, -0.2) is 0 Å². The summed E-state index contributed by atoms with van der Waals surface area (Å²) in [5.41, 5.74) is 4.13. The van der Waals surface area contributed by atoms with Gasteiger partial charge in [0.25, 0.3) is 10.0 Å². The van der Waals surface area contributed by atoms with Gasteiger partial charge < -0.3 is 10.1 Å². The highest BCUT2D eigenvalue weighted by molar-refractivity contribution is 7.90. The van der Waals surface area contributed by atoms with Gasteiger partial charge in [-0.1, -0.05) is 36.4 Å². The summed E-state index contributed by atoms with van der Waals surface area (Å²) >= 11 is 0. The number of fused-ring (bicyclic) bond motifs is 1. The molecule has 33 heavy (non-hydrogen) atoms. The van der Waals surface area contributed by atoms with Crippen LogP contribution in [-0.2, 0) is 10.0 Å². The number of hydrogen-bond acceptors (Lipinski definition) is 5. The number of benzene rings is 3. The minimum absolute atomic E-state index is 0.0465. The van der Waals surface area contributed by atoms with Crippen LogP contribution in [0.25, 0.3) is 0 Å². The summed E-state index contributed by atoms with van der Waals surface area (Å²) in [6.07, 6.45) is 1.50. The number of sulfonamides is 1. The zero-order valence-corrected chi connectivity index (χ0v) is 19.4. The van der Waals surface area contributed by atoms with E-state index in [1.807, 2.05) is 39.0 Å². The van der Waals surface area contributed by atoms with Crippen molar-refractivity contribution in [1.82, 2.24) is 0 Å². The van der Waals surface area contributed by atoms with Crippen LogP contribution in [0.3, 0.4) is 0 Å². The summed E-state index contributed by atoms with van der Waals surface area (Å²) < 4.78 is 35.6. The van der Waals surface area contributed by atoms with Crippen LogP contribution in [0.1, 0.15) is 34.0 Å². The van der Waals surface area contributed by atoms with Crippen molar-refractivity contribution in [3.63, 3.8) is 0 Å². The molecule has 0 bridgehead atoms. The number of anilines is 1. The second-order valence-corrected chi connectivity index (χ2v) is 9.34. The van der Waals surface area contributed by atoms with Crippen LogP contribution in [0.4, 0.5) is 5.69 Å². The Hall–Kier alpha value is -3.71. The van der Waals surface area contributed by atoms with E-state index in [-0.39, 0.29) is 22.1 Å². The fourth-order valence-corrected chi connectivity index (χ4v) is 4.57. The third-order valence-corrected chi connectivity index (χ3v) is 6.59. The molecule has 0 spiro atoms. The molecular weight excluding hydrogens is 436 g/mol. The fraction of sp³-hybridized carbons (Fsp3) is 0.154. The molecular formula is C26H24N2O4S. The lowest BCUT2D eigenvalue weighted by atomic mass is 9.92. The third kappa shape index (κ3) is 4.73. The van der Waals surface area contributed by atoms with E-state index in [0.717, 1.165) is 16.8 Å². The van der Waals surface area contributed by atoms with Crippen LogP contribution < -0.4 is 10.1 Å². The van der Waals surface area contributed by atoms with Gasteiger partial charge in [0.1, 0.15) is 5.75 Å². The molecule has 168 valence electrons. The summed E-state index contributed by atoms with van der Waals surface area (Å²) in [6.45, 7) is 6.25. The van der Waals surface area contributed by atoms with Crippen LogP contribution in [0.2, 0.25) is 0 Å². The first-order chi connectivity index (χ1) is 15.8. The molecule has 0 saturated heterocycles. The standard InChI is InChI=1S/C26H24N2O4S/c1-4-32-19-11-13-20(14-12-19)33(30,31)28-24-16-25(26(29)22-8-6-5-7-21(22)24)27-23-15-17(2)9-10-18(23)3/h5-16,27H,4H2,1-3H3/b28-24+. The highest BCUT2D eigenvalue weighted by Gasteiger charge is 2.26. The van der Waals surface area contributed by atoms with Crippen molar-refractivity contribution in [2.45, 2.75) is 25.7 Å². The lowest BCUT2D eigenvalue weighted by Gasteiger charge is -2.20. The van der Waals surface area contributed by atoms with Gasteiger partial charge in [-0.3, -0.25) is 4.79 Å². The van der Waals surface area contributed by atoms with Gasteiger partial charge in [-0.05, 0) is 68.3 Å². The van der Waals surface area contributed by atoms with E-state index >= 15 is 0 Å². The Morgan fingerprint density at radius 2 is 1.64 bits per heavy atom. The number of allylic oxidation sites excluding steroid dienone is 2. The molecule has 1 N–H and O–H groups in total. The van der Waals surface area contributed by atoms with Crippen LogP contribution >= 0.6 is 0 Å². The molecule has 0 aromatic heterocycles. The smallest absolute Gasteiger partial charge is 0.282 e. The highest BCUT2D eigenvalue weighted by Crippen LogP contribution is 2.27. The van der Waals surface area contributed by atoms with Crippen LogP contribution in [0.5, 0.6) is 5.75 Å². The fourth-order valence-electron chi connectivity index (χ4n) is 3.57. The van der Waals surface area contributed by atoms with Crippen molar-refractivity contribution in [3.05, 3.63) is 101 Å². The zero-order chi connectivity index (χ0) is 23.6. The first-order valence-electron chi connectivity index (χ1n) is 10.6. The number of Topliss-reactive ketones (excluding diaryl/α,β-unsaturated/α-hetero) is 1. The van der Waals surface area contributed by atoms with Gasteiger partial charge in [0.05, 0.1) is 22.9 Å². The number of ether oxygens (including phenoxy) is 1. The van der Waals surface area contributed by atoms with Crippen LogP contribution in [-0.4, -0.2) is 26.5 Å². The Kier molecular flexibility index (Phi) is 6.16. The van der Waals surface area contributed by atoms with E-state index in [4.69, 9.17) is 4.74 Å². The predicted octanol–water partition coefficient (Wildman–Crippen LogP) is 5.07. The molecule has 1 aliphatic rings. The molecule has 3 aromatic carbocycles. The molecule has 7 heteroatoms. The van der Waals surface area contributed by atoms with E-state index in [1.165, 1.54) is 18.2 Å². The topological polar surface area (TPSA) is 84.8 Å². The highest BCUT2D eigenvalue weighted by atomic mass is 32.2. The van der Waals surface area contributed by atoms with E-state index in [9.17, 15) is 13.2 Å². The average Bonchev–Trinajstić information content (AvgIpc) is 2.80. The molecule has 0 amide bonds. The monoisotopic (exact) mass is 460 g/mol. The SMILES string of the molecule is CCOc1ccc(S(=O)(=O)/N=C2\C=C(Nc3cc(C)ccc3C)C(=O)c3ccccc32)cc1. The number of nitrogens with zero attached hydrogens (tertiary/aromatic N) is 1. The normalized spacial score (nSPS) is 14.6. The maximum atomic E-state index is 13.1. The molecule has 6 nitrogen and oxygen atoms in total. The number of aryl methyl sites for hydroxylation is 2. The third-order valence-electron chi connectivity index (χ3n) is 5.29. The Morgan fingerprint density at radius 1 is 0.939 bits per heavy atom. The summed E-state index contributed by atoms with van der Waals surface area (Å²) in [4.78, 5) is 13.2. The number of hydrogen-bond donors (Lipinski definition) is 1. The largest absolute Gasteiger partial charge is 0.494 e. The first kappa shape index (κ1) is 22.5. The Labute approximate surface area is 193 Å². The van der Waals surface area contributed by atoms with Gasteiger partial charge in [0, 0.05) is 16.8 Å². The van der Waals surface area contributed by atoms with E-state index < -0.39 is 10.0 Å². The maximum absolute atomic E-state index is 13.1. The summed E-state index contributed by atoms with van der Waals surface area (Å²) in [6, 6.07) is 18.9. The lowest BCUT2D eigenvalue weighted by molar-refractivity contribution is 0.103. The van der Waals surface area contributed by atoms with Gasteiger partial charge in [0.2, 0.25) is 5.78 Å². The predicted molar refractivity (Wildman–Crippen MR) is 130 cm³/mol. The van der Waals surface area contributed by atoms with Crippen molar-refractivity contribution in [3.8, 4) is 5.75 Å². The number of ketones is 1. The first-order valence-corrected chi connectivity index (χ1v) is 12.0. The molecule has 0 atom stereocenters. The minimum Gasteiger partial charge on any atom is -0.494 e. The summed E-state index contributed by atoms with van der Waals surface area (Å²) in [5, 5.41) is 3.18. The van der Waals surface area contributed by atoms with Gasteiger partial charge in [0.15, 0.2) is 0 Å². The van der Waals surface area contributed by atoms with Crippen molar-refractivity contribution in [2.75, 3.05) is 11.9 Å². The van der Waals surface area contributed by atoms with Crippen molar-refractivity contribution < 1.29 is 17.9 Å². The van der Waals surface area contributed by atoms with Crippen molar-refractivity contribution in [1.29, 1.82) is 0 Å². The number of carbonyl (C=O) groups excluding carboxylic acids is 1. The zero-order valence-electron chi connectivity index (χ0n) is 18.6. The second-order valence-electron chi connectivity index (χ2n) is 7.73. The number of rotatable bonds is 6. The van der Waals surface area contributed by atoms with E-state index in [2.05, 4.69) is 9.71 Å². The number of carbonyl (C=O) groups is 1. The van der Waals surface area contributed by atoms with Crippen LogP contribution in [0.15, 0.2) is 87.8 Å². The van der Waals surface area contributed by atoms with E-state index in [0.29, 0.717) is 23.5 Å². The average molecular weight is 461 g/mol. The van der Waals surface area contributed by atoms with Gasteiger partial charge >= 0.3 is 0 Å². The molecule has 0 heterocycles. The van der Waals surface area contributed by atoms with Gasteiger partial charge in [-0.2, -0.15) is 12.8 Å². The quantitative estimate of drug-likeness (QED) is 0.555. The summed E-state index contributed by atoms with van der Waals surface area (Å²) in [5.74, 6) is 0.363. The number of nitrogens with one attached hydrogen (secondary N) is 1. The molecule has 0 radical (unpaired) electrons. The van der Waals surface area contributed by atoms with Crippen molar-refractivity contribution in [2.24, 2.45) is 4.40 Å². The molecule has 3 aromatic rings. The maximum Gasteiger partial charge on any atom is 0.282 e. The Morgan fingerprint density at radius 3 is 2.33 bits per heavy atom. The molecule has 4 rings (SSSR count). The molecule has 0 saturated carbocycles.